The van der Waals surface area contributed by atoms with Crippen LogP contribution in [0.3, 0.4) is 0 Å². The summed E-state index contributed by atoms with van der Waals surface area (Å²) in [5, 5.41) is 3.71. The molecule has 0 aliphatic rings. The number of hydrogen-bond acceptors (Lipinski definition) is 4. The minimum atomic E-state index is -0.704. The Morgan fingerprint density at radius 2 is 1.81 bits per heavy atom. The summed E-state index contributed by atoms with van der Waals surface area (Å²) in [6.07, 6.45) is -0.704. The van der Waals surface area contributed by atoms with E-state index in [1.54, 1.807) is 19.1 Å². The van der Waals surface area contributed by atoms with E-state index in [4.69, 9.17) is 9.15 Å². The van der Waals surface area contributed by atoms with Gasteiger partial charge in [0.15, 0.2) is 6.10 Å². The van der Waals surface area contributed by atoms with Crippen molar-refractivity contribution in [2.24, 2.45) is 0 Å². The second kappa shape index (κ2) is 7.04. The molecule has 2 aromatic carbocycles. The van der Waals surface area contributed by atoms with Crippen LogP contribution in [-0.2, 0) is 4.79 Å². The van der Waals surface area contributed by atoms with E-state index in [2.05, 4.69) is 5.32 Å². The van der Waals surface area contributed by atoms with Gasteiger partial charge in [-0.2, -0.15) is 0 Å². The smallest absolute Gasteiger partial charge is 0.336 e. The first-order chi connectivity index (χ1) is 12.3. The van der Waals surface area contributed by atoms with Gasteiger partial charge < -0.3 is 14.5 Å². The Balaban J connectivity index is 1.76. The molecule has 1 atom stereocenters. The van der Waals surface area contributed by atoms with Crippen molar-refractivity contribution in [1.82, 2.24) is 0 Å². The van der Waals surface area contributed by atoms with Gasteiger partial charge in [0.05, 0.1) is 0 Å². The van der Waals surface area contributed by atoms with Gasteiger partial charge in [-0.05, 0) is 57.0 Å². The number of anilines is 1. The molecule has 0 aliphatic carbocycles. The number of fused-ring (bicyclic) bond motifs is 1. The predicted octanol–water partition coefficient (Wildman–Crippen LogP) is 4.12. The number of amides is 1. The summed E-state index contributed by atoms with van der Waals surface area (Å²) in [4.78, 5) is 23.9. The van der Waals surface area contributed by atoms with E-state index in [1.807, 2.05) is 45.0 Å². The van der Waals surface area contributed by atoms with E-state index in [0.29, 0.717) is 11.3 Å². The number of carbonyl (C=O) groups is 1. The molecule has 3 rings (SSSR count). The number of aryl methyl sites for hydroxylation is 3. The van der Waals surface area contributed by atoms with Gasteiger partial charge >= 0.3 is 5.63 Å². The van der Waals surface area contributed by atoms with Crippen molar-refractivity contribution in [3.8, 4) is 5.75 Å². The third-order valence-electron chi connectivity index (χ3n) is 4.24. The maximum absolute atomic E-state index is 12.4. The molecule has 0 saturated carbocycles. The predicted molar refractivity (Wildman–Crippen MR) is 102 cm³/mol. The Morgan fingerprint density at radius 3 is 2.54 bits per heavy atom. The molecule has 0 radical (unpaired) electrons. The summed E-state index contributed by atoms with van der Waals surface area (Å²) in [5.74, 6) is 0.220. The van der Waals surface area contributed by atoms with Crippen molar-refractivity contribution in [3.63, 3.8) is 0 Å². The number of hydrogen-bond donors (Lipinski definition) is 1. The minimum absolute atomic E-state index is 0.247. The second-order valence-electron chi connectivity index (χ2n) is 6.47. The van der Waals surface area contributed by atoms with Crippen molar-refractivity contribution in [2.45, 2.75) is 33.8 Å². The first-order valence-corrected chi connectivity index (χ1v) is 8.43. The van der Waals surface area contributed by atoms with E-state index in [-0.39, 0.29) is 5.91 Å². The summed E-state index contributed by atoms with van der Waals surface area (Å²) < 4.78 is 10.9. The summed E-state index contributed by atoms with van der Waals surface area (Å²) in [5.41, 5.74) is 3.76. The van der Waals surface area contributed by atoms with Gasteiger partial charge in [-0.25, -0.2) is 4.79 Å². The van der Waals surface area contributed by atoms with Crippen molar-refractivity contribution >= 4 is 22.6 Å². The zero-order valence-electron chi connectivity index (χ0n) is 15.3. The maximum atomic E-state index is 12.4. The quantitative estimate of drug-likeness (QED) is 0.718. The van der Waals surface area contributed by atoms with Gasteiger partial charge in [0, 0.05) is 23.2 Å². The SMILES string of the molecule is Cc1ccc(NC(=O)[C@@H](C)Oc2ccc3c(C)cc(=O)oc3c2)c(C)c1. The third-order valence-corrected chi connectivity index (χ3v) is 4.24. The molecule has 26 heavy (non-hydrogen) atoms. The fourth-order valence-corrected chi connectivity index (χ4v) is 2.82. The molecular formula is C21H21NO4. The lowest BCUT2D eigenvalue weighted by Gasteiger charge is -2.16. The highest BCUT2D eigenvalue weighted by Crippen LogP contribution is 2.23. The van der Waals surface area contributed by atoms with Crippen LogP contribution < -0.4 is 15.7 Å². The van der Waals surface area contributed by atoms with Crippen LogP contribution in [0.5, 0.6) is 5.75 Å². The van der Waals surface area contributed by atoms with Gasteiger partial charge in [-0.1, -0.05) is 17.7 Å². The topological polar surface area (TPSA) is 68.5 Å². The molecular weight excluding hydrogens is 330 g/mol. The van der Waals surface area contributed by atoms with Gasteiger partial charge in [-0.3, -0.25) is 4.79 Å². The van der Waals surface area contributed by atoms with Crippen molar-refractivity contribution < 1.29 is 13.9 Å². The highest BCUT2D eigenvalue weighted by Gasteiger charge is 2.16. The third kappa shape index (κ3) is 3.77. The molecule has 5 nitrogen and oxygen atoms in total. The molecule has 1 amide bonds. The highest BCUT2D eigenvalue weighted by molar-refractivity contribution is 5.94. The zero-order valence-corrected chi connectivity index (χ0v) is 15.3. The van der Waals surface area contributed by atoms with Crippen LogP contribution in [0.2, 0.25) is 0 Å². The molecule has 0 bridgehead atoms. The lowest BCUT2D eigenvalue weighted by molar-refractivity contribution is -0.122. The lowest BCUT2D eigenvalue weighted by Crippen LogP contribution is -2.30. The highest BCUT2D eigenvalue weighted by atomic mass is 16.5. The van der Waals surface area contributed by atoms with Crippen LogP contribution in [-0.4, -0.2) is 12.0 Å². The van der Waals surface area contributed by atoms with Crippen LogP contribution in [0.4, 0.5) is 5.69 Å². The molecule has 0 fully saturated rings. The van der Waals surface area contributed by atoms with Gasteiger partial charge in [0.2, 0.25) is 0 Å². The Bertz CT molecular complexity index is 1040. The standard InChI is InChI=1S/C21H21NO4/c1-12-5-8-18(14(3)9-12)22-21(24)15(4)25-16-6-7-17-13(2)10-20(23)26-19(17)11-16/h5-11,15H,1-4H3,(H,22,24)/t15-/m1/s1. The number of nitrogens with one attached hydrogen (secondary N) is 1. The molecule has 3 aromatic rings. The van der Waals surface area contributed by atoms with Gasteiger partial charge in [0.25, 0.3) is 5.91 Å². The molecule has 1 N–H and O–H groups in total. The normalized spacial score (nSPS) is 12.0. The fraction of sp³-hybridized carbons (Fsp3) is 0.238. The molecule has 5 heteroatoms. The van der Waals surface area contributed by atoms with E-state index in [9.17, 15) is 9.59 Å². The Kier molecular flexibility index (Phi) is 4.80. The number of rotatable bonds is 4. The summed E-state index contributed by atoms with van der Waals surface area (Å²) in [6, 6.07) is 12.5. The molecule has 1 heterocycles. The Hall–Kier alpha value is -3.08. The van der Waals surface area contributed by atoms with Crippen LogP contribution in [0.1, 0.15) is 23.6 Å². The lowest BCUT2D eigenvalue weighted by atomic mass is 10.1. The second-order valence-corrected chi connectivity index (χ2v) is 6.47. The van der Waals surface area contributed by atoms with Crippen molar-refractivity contribution in [2.75, 3.05) is 5.32 Å². The Labute approximate surface area is 151 Å². The van der Waals surface area contributed by atoms with Crippen LogP contribution in [0, 0.1) is 20.8 Å². The van der Waals surface area contributed by atoms with E-state index in [0.717, 1.165) is 27.8 Å². The summed E-state index contributed by atoms with van der Waals surface area (Å²) >= 11 is 0. The van der Waals surface area contributed by atoms with Crippen molar-refractivity contribution in [1.29, 1.82) is 0 Å². The fourth-order valence-electron chi connectivity index (χ4n) is 2.82. The van der Waals surface area contributed by atoms with Crippen LogP contribution in [0.25, 0.3) is 11.0 Å². The van der Waals surface area contributed by atoms with Gasteiger partial charge in [-0.15, -0.1) is 0 Å². The average molecular weight is 351 g/mol. The minimum Gasteiger partial charge on any atom is -0.481 e. The molecule has 1 aromatic heterocycles. The van der Waals surface area contributed by atoms with Gasteiger partial charge in [0.1, 0.15) is 11.3 Å². The number of carbonyl (C=O) groups excluding carboxylic acids is 1. The average Bonchev–Trinajstić information content (AvgIpc) is 2.56. The van der Waals surface area contributed by atoms with Crippen molar-refractivity contribution in [3.05, 3.63) is 69.6 Å². The van der Waals surface area contributed by atoms with Crippen LogP contribution >= 0.6 is 0 Å². The molecule has 0 aliphatic heterocycles. The van der Waals surface area contributed by atoms with E-state index >= 15 is 0 Å². The largest absolute Gasteiger partial charge is 0.481 e. The summed E-state index contributed by atoms with van der Waals surface area (Å²) in [6.45, 7) is 7.47. The number of ether oxygens (including phenoxy) is 1. The summed E-state index contributed by atoms with van der Waals surface area (Å²) in [7, 11) is 0. The van der Waals surface area contributed by atoms with E-state index in [1.165, 1.54) is 6.07 Å². The van der Waals surface area contributed by atoms with Crippen LogP contribution in [0.15, 0.2) is 51.7 Å². The molecule has 0 saturated heterocycles. The first kappa shape index (κ1) is 17.7. The first-order valence-electron chi connectivity index (χ1n) is 8.43. The van der Waals surface area contributed by atoms with E-state index < -0.39 is 11.7 Å². The Morgan fingerprint density at radius 1 is 1.04 bits per heavy atom. The number of benzene rings is 2. The zero-order chi connectivity index (χ0) is 18.8. The maximum Gasteiger partial charge on any atom is 0.336 e. The monoisotopic (exact) mass is 351 g/mol. The molecule has 0 unspecified atom stereocenters. The molecule has 134 valence electrons. The molecule has 0 spiro atoms.